The molecule has 0 spiro atoms. The molecule has 0 fully saturated rings. The summed E-state index contributed by atoms with van der Waals surface area (Å²) in [6, 6.07) is 30.7. The number of hydrogen-bond donors (Lipinski definition) is 1. The zero-order chi connectivity index (χ0) is 32.3. The fourth-order valence-electron chi connectivity index (χ4n) is 6.23. The van der Waals surface area contributed by atoms with Gasteiger partial charge in [0.15, 0.2) is 0 Å². The minimum absolute atomic E-state index is 0. The smallest absolute Gasteiger partial charge is 0.148 e. The molecular formula is C41H42N3OPt-. The second kappa shape index (κ2) is 12.3. The molecule has 0 aliphatic rings. The SMILES string of the molecule is Cc1cc(C)c(-n2c(-c3ccccc3O)nc3c(-c4[c-]c(-c5cc(C(C)(C)C)ccn5)ccc4)cc(C(C)(C)C)cc32)c(C)c1.[Pt]. The van der Waals surface area contributed by atoms with Gasteiger partial charge in [-0.25, -0.2) is 4.98 Å². The largest absolute Gasteiger partial charge is 0.507 e. The maximum Gasteiger partial charge on any atom is 0.148 e. The molecule has 0 amide bonds. The van der Waals surface area contributed by atoms with E-state index < -0.39 is 0 Å². The first-order chi connectivity index (χ1) is 21.2. The summed E-state index contributed by atoms with van der Waals surface area (Å²) < 4.78 is 2.24. The summed E-state index contributed by atoms with van der Waals surface area (Å²) in [4.78, 5) is 10.1. The van der Waals surface area contributed by atoms with Crippen LogP contribution in [0.4, 0.5) is 0 Å². The summed E-state index contributed by atoms with van der Waals surface area (Å²) in [6.45, 7) is 19.8. The normalized spacial score (nSPS) is 11.9. The van der Waals surface area contributed by atoms with Gasteiger partial charge in [-0.05, 0) is 78.1 Å². The number of nitrogens with zero attached hydrogens (tertiary/aromatic N) is 3. The Morgan fingerprint density at radius 1 is 0.696 bits per heavy atom. The maximum absolute atomic E-state index is 11.1. The van der Waals surface area contributed by atoms with Crippen molar-refractivity contribution in [2.45, 2.75) is 73.1 Å². The third kappa shape index (κ3) is 6.20. The van der Waals surface area contributed by atoms with Gasteiger partial charge in [-0.3, -0.25) is 9.55 Å². The van der Waals surface area contributed by atoms with Crippen LogP contribution in [0.25, 0.3) is 50.5 Å². The van der Waals surface area contributed by atoms with Crippen molar-refractivity contribution in [2.75, 3.05) is 0 Å². The first kappa shape index (κ1) is 33.4. The standard InChI is InChI=1S/C41H42N3O.Pt/c1-25-19-26(2)38(27(3)20-25)44-35-24-31(41(7,8)9)22-33(37(35)43-39(44)32-15-10-11-16-36(32)45)28-13-12-14-29(21-28)34-23-30(17-18-42-34)40(4,5)6;/h10-20,22-24,45H,1-9H3;/q-1;. The van der Waals surface area contributed by atoms with Crippen LogP contribution in [-0.4, -0.2) is 19.6 Å². The number of imidazole rings is 1. The third-order valence-electron chi connectivity index (χ3n) is 8.62. The number of para-hydroxylation sites is 1. The second-order valence-corrected chi connectivity index (χ2v) is 14.3. The van der Waals surface area contributed by atoms with Gasteiger partial charge in [0.1, 0.15) is 11.6 Å². The van der Waals surface area contributed by atoms with Crippen LogP contribution < -0.4 is 0 Å². The van der Waals surface area contributed by atoms with Crippen LogP contribution in [0.2, 0.25) is 0 Å². The van der Waals surface area contributed by atoms with Gasteiger partial charge >= 0.3 is 0 Å². The molecule has 46 heavy (non-hydrogen) atoms. The number of pyridine rings is 1. The Hall–Kier alpha value is -4.01. The van der Waals surface area contributed by atoms with E-state index in [9.17, 15) is 5.11 Å². The van der Waals surface area contributed by atoms with Crippen molar-refractivity contribution < 1.29 is 26.2 Å². The molecule has 0 saturated heterocycles. The van der Waals surface area contributed by atoms with Gasteiger partial charge in [-0.2, -0.15) is 0 Å². The molecule has 0 bridgehead atoms. The molecule has 2 aromatic heterocycles. The van der Waals surface area contributed by atoms with Crippen molar-refractivity contribution in [3.63, 3.8) is 0 Å². The van der Waals surface area contributed by atoms with E-state index in [2.05, 4.69) is 128 Å². The van der Waals surface area contributed by atoms with E-state index in [1.165, 1.54) is 16.7 Å². The van der Waals surface area contributed by atoms with E-state index in [0.717, 1.165) is 50.2 Å². The third-order valence-corrected chi connectivity index (χ3v) is 8.62. The van der Waals surface area contributed by atoms with Crippen LogP contribution >= 0.6 is 0 Å². The first-order valence-electron chi connectivity index (χ1n) is 15.7. The quantitative estimate of drug-likeness (QED) is 0.181. The molecular weight excluding hydrogens is 746 g/mol. The van der Waals surface area contributed by atoms with Crippen molar-refractivity contribution in [3.8, 4) is 45.2 Å². The summed E-state index contributed by atoms with van der Waals surface area (Å²) in [5, 5.41) is 11.1. The van der Waals surface area contributed by atoms with Crippen molar-refractivity contribution in [1.29, 1.82) is 0 Å². The Morgan fingerprint density at radius 2 is 1.35 bits per heavy atom. The summed E-state index contributed by atoms with van der Waals surface area (Å²) >= 11 is 0. The van der Waals surface area contributed by atoms with Crippen molar-refractivity contribution in [3.05, 3.63) is 119 Å². The van der Waals surface area contributed by atoms with Crippen LogP contribution in [0.1, 0.15) is 69.4 Å². The Morgan fingerprint density at radius 3 is 2.00 bits per heavy atom. The Kier molecular flexibility index (Phi) is 8.92. The van der Waals surface area contributed by atoms with Gasteiger partial charge in [-0.1, -0.05) is 94.6 Å². The molecule has 238 valence electrons. The number of aromatic nitrogens is 3. The van der Waals surface area contributed by atoms with E-state index in [0.29, 0.717) is 11.4 Å². The van der Waals surface area contributed by atoms with E-state index in [4.69, 9.17) is 9.97 Å². The fraction of sp³-hybridized carbons (Fsp3) is 0.268. The summed E-state index contributed by atoms with van der Waals surface area (Å²) in [5.41, 5.74) is 13.3. The predicted octanol–water partition coefficient (Wildman–Crippen LogP) is 10.4. The molecule has 4 nitrogen and oxygen atoms in total. The number of hydrogen-bond acceptors (Lipinski definition) is 3. The average molecular weight is 788 g/mol. The van der Waals surface area contributed by atoms with Crippen LogP contribution in [0.15, 0.2) is 85.1 Å². The number of benzene rings is 4. The molecule has 0 aliphatic carbocycles. The molecule has 6 aromatic rings. The van der Waals surface area contributed by atoms with Gasteiger partial charge in [0.2, 0.25) is 0 Å². The van der Waals surface area contributed by atoms with E-state index in [-0.39, 0.29) is 37.6 Å². The molecule has 0 saturated carbocycles. The fourth-order valence-corrected chi connectivity index (χ4v) is 6.23. The summed E-state index contributed by atoms with van der Waals surface area (Å²) in [6.07, 6.45) is 1.89. The Bertz CT molecular complexity index is 2050. The van der Waals surface area contributed by atoms with Gasteiger partial charge in [0, 0.05) is 33.0 Å². The minimum Gasteiger partial charge on any atom is -0.507 e. The number of phenols is 1. The number of phenolic OH excluding ortho intramolecular Hbond substituents is 1. The van der Waals surface area contributed by atoms with Crippen molar-refractivity contribution in [1.82, 2.24) is 14.5 Å². The molecule has 0 radical (unpaired) electrons. The van der Waals surface area contributed by atoms with Crippen LogP contribution in [0.5, 0.6) is 5.75 Å². The van der Waals surface area contributed by atoms with Crippen molar-refractivity contribution in [2.24, 2.45) is 0 Å². The maximum atomic E-state index is 11.1. The number of aromatic hydroxyl groups is 1. The van der Waals surface area contributed by atoms with Gasteiger partial charge in [0.05, 0.1) is 22.3 Å². The molecule has 0 atom stereocenters. The number of aryl methyl sites for hydroxylation is 3. The van der Waals surface area contributed by atoms with E-state index >= 15 is 0 Å². The van der Waals surface area contributed by atoms with Crippen LogP contribution in [0.3, 0.4) is 0 Å². The molecule has 1 N–H and O–H groups in total. The zero-order valence-electron chi connectivity index (χ0n) is 28.2. The first-order valence-corrected chi connectivity index (χ1v) is 15.7. The topological polar surface area (TPSA) is 50.9 Å². The summed E-state index contributed by atoms with van der Waals surface area (Å²) in [7, 11) is 0. The average Bonchev–Trinajstić information content (AvgIpc) is 3.34. The Labute approximate surface area is 287 Å². The molecule has 2 heterocycles. The molecule has 0 aliphatic heterocycles. The van der Waals surface area contributed by atoms with Gasteiger partial charge < -0.3 is 5.11 Å². The van der Waals surface area contributed by atoms with Crippen LogP contribution in [0, 0.1) is 26.8 Å². The number of rotatable bonds is 4. The van der Waals surface area contributed by atoms with Gasteiger partial charge in [-0.15, -0.1) is 29.8 Å². The minimum atomic E-state index is -0.120. The van der Waals surface area contributed by atoms with Gasteiger partial charge in [0.25, 0.3) is 0 Å². The monoisotopic (exact) mass is 787 g/mol. The molecule has 5 heteroatoms. The number of fused-ring (bicyclic) bond motifs is 1. The Balaban J connectivity index is 0.00000417. The predicted molar refractivity (Wildman–Crippen MR) is 187 cm³/mol. The molecule has 4 aromatic carbocycles. The summed E-state index contributed by atoms with van der Waals surface area (Å²) in [5.74, 6) is 0.911. The van der Waals surface area contributed by atoms with E-state index in [1.807, 2.05) is 24.4 Å². The molecule has 6 rings (SSSR count). The van der Waals surface area contributed by atoms with E-state index in [1.54, 1.807) is 6.07 Å². The van der Waals surface area contributed by atoms with Crippen LogP contribution in [-0.2, 0) is 31.9 Å². The van der Waals surface area contributed by atoms with Crippen molar-refractivity contribution >= 4 is 11.0 Å². The molecule has 0 unspecified atom stereocenters. The zero-order valence-corrected chi connectivity index (χ0v) is 30.5. The second-order valence-electron chi connectivity index (χ2n) is 14.3.